The minimum atomic E-state index is 0.483. The monoisotopic (exact) mass is 403 g/mol. The highest BCUT2D eigenvalue weighted by Crippen LogP contribution is 2.22. The molecule has 0 radical (unpaired) electrons. The topological polar surface area (TPSA) is 93.2 Å². The van der Waals surface area contributed by atoms with Crippen molar-refractivity contribution >= 4 is 11.3 Å². The highest BCUT2D eigenvalue weighted by Gasteiger charge is 2.11. The molecule has 5 rings (SSSR count). The van der Waals surface area contributed by atoms with Crippen molar-refractivity contribution < 1.29 is 0 Å². The molecule has 148 valence electrons. The minimum Gasteiger partial charge on any atom is -0.256 e. The Morgan fingerprint density at radius 1 is 0.903 bits per heavy atom. The molecule has 0 aliphatic carbocycles. The van der Waals surface area contributed by atoms with Crippen LogP contribution in [0.4, 0.5) is 0 Å². The first-order chi connectivity index (χ1) is 15.2. The molecule has 0 aliphatic rings. The summed E-state index contributed by atoms with van der Waals surface area (Å²) in [6.45, 7) is 2.53. The predicted molar refractivity (Wildman–Crippen MR) is 117 cm³/mol. The Kier molecular flexibility index (Phi) is 4.65. The zero-order valence-electron chi connectivity index (χ0n) is 16.8. The van der Waals surface area contributed by atoms with Crippen LogP contribution in [0.15, 0.2) is 73.1 Å². The maximum atomic E-state index is 9.16. The van der Waals surface area contributed by atoms with Gasteiger partial charge in [-0.3, -0.25) is 4.98 Å². The molecule has 5 aromatic rings. The summed E-state index contributed by atoms with van der Waals surface area (Å²) in [7, 11) is 0. The number of fused-ring (bicyclic) bond motifs is 1. The zero-order chi connectivity index (χ0) is 21.2. The van der Waals surface area contributed by atoms with Gasteiger partial charge in [0.2, 0.25) is 5.65 Å². The number of nitriles is 1. The lowest BCUT2D eigenvalue weighted by Gasteiger charge is -2.07. The molecule has 3 heterocycles. The van der Waals surface area contributed by atoms with E-state index in [-0.39, 0.29) is 0 Å². The van der Waals surface area contributed by atoms with E-state index >= 15 is 0 Å². The molecule has 2 aromatic carbocycles. The van der Waals surface area contributed by atoms with Crippen LogP contribution in [0.5, 0.6) is 0 Å². The van der Waals surface area contributed by atoms with Gasteiger partial charge in [-0.25, -0.2) is 14.6 Å². The Labute approximate surface area is 178 Å². The van der Waals surface area contributed by atoms with Crippen LogP contribution in [0.3, 0.4) is 0 Å². The van der Waals surface area contributed by atoms with E-state index in [1.165, 1.54) is 0 Å². The lowest BCUT2D eigenvalue weighted by Crippen LogP contribution is -2.04. The predicted octanol–water partition coefficient (Wildman–Crippen LogP) is 4.18. The molecule has 7 heteroatoms. The van der Waals surface area contributed by atoms with Crippen LogP contribution in [-0.4, -0.2) is 29.9 Å². The van der Waals surface area contributed by atoms with E-state index in [1.54, 1.807) is 23.0 Å². The van der Waals surface area contributed by atoms with Gasteiger partial charge in [-0.05, 0) is 42.3 Å². The number of pyridine rings is 1. The minimum absolute atomic E-state index is 0.483. The molecule has 0 bridgehead atoms. The first-order valence-electron chi connectivity index (χ1n) is 9.78. The number of hydrogen-bond acceptors (Lipinski definition) is 6. The molecule has 31 heavy (non-hydrogen) atoms. The molecule has 0 atom stereocenters. The molecule has 0 saturated carbocycles. The Morgan fingerprint density at radius 2 is 1.74 bits per heavy atom. The lowest BCUT2D eigenvalue weighted by molar-refractivity contribution is 0.664. The Bertz CT molecular complexity index is 1430. The fourth-order valence-electron chi connectivity index (χ4n) is 3.39. The van der Waals surface area contributed by atoms with E-state index in [9.17, 15) is 0 Å². The smallest absolute Gasteiger partial charge is 0.221 e. The summed E-state index contributed by atoms with van der Waals surface area (Å²) in [4.78, 5) is 13.6. The first-order valence-corrected chi connectivity index (χ1v) is 9.78. The molecule has 0 amide bonds. The second-order valence-corrected chi connectivity index (χ2v) is 7.26. The summed E-state index contributed by atoms with van der Waals surface area (Å²) in [5, 5.41) is 17.6. The molecule has 3 aromatic heterocycles. The van der Waals surface area contributed by atoms with Crippen molar-refractivity contribution in [3.63, 3.8) is 0 Å². The van der Waals surface area contributed by atoms with E-state index in [0.717, 1.165) is 27.9 Å². The third-order valence-corrected chi connectivity index (χ3v) is 4.98. The van der Waals surface area contributed by atoms with Crippen molar-refractivity contribution in [1.82, 2.24) is 29.9 Å². The number of nitrogens with zero attached hydrogens (tertiary/aromatic N) is 7. The number of aryl methyl sites for hydroxylation is 1. The normalized spacial score (nSPS) is 10.8. The van der Waals surface area contributed by atoms with Gasteiger partial charge in [0.1, 0.15) is 0 Å². The molecule has 0 spiro atoms. The van der Waals surface area contributed by atoms with Crippen LogP contribution in [0.2, 0.25) is 0 Å². The fraction of sp³-hybridized carbons (Fsp3) is 0.0833. The van der Waals surface area contributed by atoms with E-state index in [2.05, 4.69) is 38.5 Å². The summed E-state index contributed by atoms with van der Waals surface area (Å²) in [6.07, 6.45) is 3.52. The second kappa shape index (κ2) is 7.76. The van der Waals surface area contributed by atoms with Crippen LogP contribution in [0.25, 0.3) is 33.8 Å². The average Bonchev–Trinajstić information content (AvgIpc) is 3.21. The van der Waals surface area contributed by atoms with Crippen molar-refractivity contribution in [3.8, 4) is 28.6 Å². The van der Waals surface area contributed by atoms with Gasteiger partial charge < -0.3 is 0 Å². The molecule has 0 unspecified atom stereocenters. The van der Waals surface area contributed by atoms with Gasteiger partial charge >= 0.3 is 0 Å². The van der Waals surface area contributed by atoms with E-state index in [4.69, 9.17) is 10.2 Å². The van der Waals surface area contributed by atoms with Crippen LogP contribution in [-0.2, 0) is 6.54 Å². The Morgan fingerprint density at radius 3 is 2.55 bits per heavy atom. The molecular weight excluding hydrogens is 386 g/mol. The summed E-state index contributed by atoms with van der Waals surface area (Å²) >= 11 is 0. The van der Waals surface area contributed by atoms with Gasteiger partial charge in [0.05, 0.1) is 35.8 Å². The van der Waals surface area contributed by atoms with E-state index in [1.807, 2.05) is 49.5 Å². The van der Waals surface area contributed by atoms with Crippen molar-refractivity contribution in [2.24, 2.45) is 0 Å². The van der Waals surface area contributed by atoms with Crippen molar-refractivity contribution in [3.05, 3.63) is 89.7 Å². The Hall–Kier alpha value is -4.44. The lowest BCUT2D eigenvalue weighted by atomic mass is 10.1. The van der Waals surface area contributed by atoms with Crippen molar-refractivity contribution in [2.45, 2.75) is 13.5 Å². The highest BCUT2D eigenvalue weighted by atomic mass is 15.4. The zero-order valence-corrected chi connectivity index (χ0v) is 16.8. The SMILES string of the molecule is Cc1ccc(-c2cccc(Cn3nnc4ncc(-c5cccc(C#N)c5)nc43)c2)nc1. The molecule has 0 saturated heterocycles. The average molecular weight is 403 g/mol. The first kappa shape index (κ1) is 18.6. The fourth-order valence-corrected chi connectivity index (χ4v) is 3.39. The summed E-state index contributed by atoms with van der Waals surface area (Å²) in [5.41, 5.74) is 7.31. The van der Waals surface area contributed by atoms with E-state index in [0.29, 0.717) is 29.1 Å². The Balaban J connectivity index is 1.49. The maximum absolute atomic E-state index is 9.16. The standard InChI is InChI=1S/C24H17N7/c1-16-8-9-21(26-13-16)19-6-3-5-18(11-19)15-31-24-23(29-30-31)27-14-22(28-24)20-7-2-4-17(10-20)12-25/h2-11,13-14H,15H2,1H3. The molecule has 0 N–H and O–H groups in total. The summed E-state index contributed by atoms with van der Waals surface area (Å²) in [6, 6.07) is 21.7. The third-order valence-electron chi connectivity index (χ3n) is 4.98. The number of benzene rings is 2. The quantitative estimate of drug-likeness (QED) is 0.447. The molecule has 0 aliphatic heterocycles. The van der Waals surface area contributed by atoms with Gasteiger partial charge in [-0.1, -0.05) is 41.6 Å². The van der Waals surface area contributed by atoms with Crippen LogP contribution >= 0.6 is 0 Å². The van der Waals surface area contributed by atoms with Crippen molar-refractivity contribution in [1.29, 1.82) is 5.26 Å². The highest BCUT2D eigenvalue weighted by molar-refractivity contribution is 5.70. The van der Waals surface area contributed by atoms with Gasteiger partial charge in [-0.2, -0.15) is 5.26 Å². The summed E-state index contributed by atoms with van der Waals surface area (Å²) in [5.74, 6) is 0. The number of hydrogen-bond donors (Lipinski definition) is 0. The van der Waals surface area contributed by atoms with Gasteiger partial charge in [-0.15, -0.1) is 5.10 Å². The van der Waals surface area contributed by atoms with Crippen LogP contribution in [0, 0.1) is 18.3 Å². The van der Waals surface area contributed by atoms with Gasteiger partial charge in [0.15, 0.2) is 5.65 Å². The van der Waals surface area contributed by atoms with E-state index < -0.39 is 0 Å². The maximum Gasteiger partial charge on any atom is 0.221 e. The van der Waals surface area contributed by atoms with Gasteiger partial charge in [0.25, 0.3) is 0 Å². The number of aromatic nitrogens is 6. The number of rotatable bonds is 4. The van der Waals surface area contributed by atoms with Crippen LogP contribution in [0.1, 0.15) is 16.7 Å². The van der Waals surface area contributed by atoms with Crippen molar-refractivity contribution in [2.75, 3.05) is 0 Å². The molecule has 7 nitrogen and oxygen atoms in total. The second-order valence-electron chi connectivity index (χ2n) is 7.26. The van der Waals surface area contributed by atoms with Crippen LogP contribution < -0.4 is 0 Å². The summed E-state index contributed by atoms with van der Waals surface area (Å²) < 4.78 is 1.74. The van der Waals surface area contributed by atoms with Gasteiger partial charge in [0, 0.05) is 17.3 Å². The molecular formula is C24H17N7. The molecule has 0 fully saturated rings. The largest absolute Gasteiger partial charge is 0.256 e. The third kappa shape index (κ3) is 3.74.